The Kier molecular flexibility index (Phi) is 2.48. The van der Waals surface area contributed by atoms with E-state index in [1.54, 1.807) is 6.07 Å². The quantitative estimate of drug-likeness (QED) is 0.811. The van der Waals surface area contributed by atoms with Crippen molar-refractivity contribution >= 4 is 32.8 Å². The smallest absolute Gasteiger partial charge is 0.354 e. The molecule has 0 bridgehead atoms. The number of carbonyl (C=O) groups is 1. The molecule has 0 aliphatic rings. The number of halogens is 2. The van der Waals surface area contributed by atoms with E-state index in [1.165, 1.54) is 19.2 Å². The molecule has 0 saturated heterocycles. The Balaban J connectivity index is 2.70. The van der Waals surface area contributed by atoms with Gasteiger partial charge in [0.1, 0.15) is 11.5 Å². The van der Waals surface area contributed by atoms with Gasteiger partial charge in [0.15, 0.2) is 0 Å². The molecule has 1 aromatic carbocycles. The van der Waals surface area contributed by atoms with Gasteiger partial charge in [-0.25, -0.2) is 9.18 Å². The number of fused-ring (bicyclic) bond motifs is 1. The minimum Gasteiger partial charge on any atom is -0.464 e. The van der Waals surface area contributed by atoms with E-state index in [0.29, 0.717) is 15.4 Å². The molecular weight excluding hydrogens is 265 g/mol. The van der Waals surface area contributed by atoms with Crippen LogP contribution in [0.15, 0.2) is 22.7 Å². The summed E-state index contributed by atoms with van der Waals surface area (Å²) < 4.78 is 18.6. The van der Waals surface area contributed by atoms with E-state index in [4.69, 9.17) is 0 Å². The third-order valence-electron chi connectivity index (χ3n) is 2.10. The Bertz CT molecular complexity index is 496. The summed E-state index contributed by atoms with van der Waals surface area (Å²) in [5.41, 5.74) is 0.786. The van der Waals surface area contributed by atoms with Gasteiger partial charge in [0, 0.05) is 9.86 Å². The highest BCUT2D eigenvalue weighted by Crippen LogP contribution is 2.26. The maximum atomic E-state index is 13.4. The zero-order chi connectivity index (χ0) is 11.0. The molecule has 0 amide bonds. The fourth-order valence-corrected chi connectivity index (χ4v) is 1.82. The lowest BCUT2D eigenvalue weighted by Crippen LogP contribution is -2.00. The van der Waals surface area contributed by atoms with Gasteiger partial charge in [0.25, 0.3) is 0 Å². The highest BCUT2D eigenvalue weighted by molar-refractivity contribution is 9.10. The summed E-state index contributed by atoms with van der Waals surface area (Å²) in [5.74, 6) is -0.892. The molecule has 3 nitrogen and oxygen atoms in total. The summed E-state index contributed by atoms with van der Waals surface area (Å²) >= 11 is 3.27. The molecule has 0 spiro atoms. The van der Waals surface area contributed by atoms with Crippen molar-refractivity contribution in [2.24, 2.45) is 0 Å². The second-order valence-electron chi connectivity index (χ2n) is 2.99. The van der Waals surface area contributed by atoms with Crippen LogP contribution < -0.4 is 0 Å². The number of rotatable bonds is 1. The van der Waals surface area contributed by atoms with Crippen molar-refractivity contribution in [2.75, 3.05) is 7.11 Å². The van der Waals surface area contributed by atoms with Crippen molar-refractivity contribution in [1.82, 2.24) is 4.98 Å². The maximum absolute atomic E-state index is 13.4. The van der Waals surface area contributed by atoms with Gasteiger partial charge >= 0.3 is 5.97 Å². The Morgan fingerprint density at radius 2 is 2.27 bits per heavy atom. The van der Waals surface area contributed by atoms with Crippen molar-refractivity contribution in [2.45, 2.75) is 0 Å². The zero-order valence-corrected chi connectivity index (χ0v) is 9.39. The van der Waals surface area contributed by atoms with Crippen molar-refractivity contribution in [1.29, 1.82) is 0 Å². The van der Waals surface area contributed by atoms with E-state index >= 15 is 0 Å². The van der Waals surface area contributed by atoms with Gasteiger partial charge in [-0.15, -0.1) is 0 Å². The third kappa shape index (κ3) is 1.63. The second kappa shape index (κ2) is 3.66. The topological polar surface area (TPSA) is 42.1 Å². The lowest BCUT2D eigenvalue weighted by molar-refractivity contribution is 0.0595. The van der Waals surface area contributed by atoms with Gasteiger partial charge in [-0.3, -0.25) is 0 Å². The van der Waals surface area contributed by atoms with E-state index in [1.807, 2.05) is 0 Å². The molecule has 15 heavy (non-hydrogen) atoms. The van der Waals surface area contributed by atoms with Crippen LogP contribution in [0.2, 0.25) is 0 Å². The summed E-state index contributed by atoms with van der Waals surface area (Å²) in [6.45, 7) is 0. The van der Waals surface area contributed by atoms with Gasteiger partial charge in [-0.1, -0.05) is 0 Å². The van der Waals surface area contributed by atoms with Crippen LogP contribution in [0.25, 0.3) is 10.9 Å². The number of hydrogen-bond acceptors (Lipinski definition) is 2. The number of ether oxygens (including phenoxy) is 1. The van der Waals surface area contributed by atoms with Gasteiger partial charge in [-0.2, -0.15) is 0 Å². The number of carbonyl (C=O) groups excluding carboxylic acids is 1. The summed E-state index contributed by atoms with van der Waals surface area (Å²) in [6, 6.07) is 4.35. The molecule has 0 aliphatic carbocycles. The molecule has 0 radical (unpaired) electrons. The molecule has 0 atom stereocenters. The van der Waals surface area contributed by atoms with E-state index in [-0.39, 0.29) is 11.5 Å². The summed E-state index contributed by atoms with van der Waals surface area (Å²) in [6.07, 6.45) is 0. The van der Waals surface area contributed by atoms with Crippen LogP contribution in [0.3, 0.4) is 0 Å². The van der Waals surface area contributed by atoms with Crippen LogP contribution in [-0.4, -0.2) is 18.1 Å². The molecule has 1 aromatic heterocycles. The number of aromatic nitrogens is 1. The summed E-state index contributed by atoms with van der Waals surface area (Å²) in [4.78, 5) is 14.0. The lowest BCUT2D eigenvalue weighted by atomic mass is 10.2. The molecule has 0 saturated carbocycles. The number of hydrogen-bond donors (Lipinski definition) is 1. The van der Waals surface area contributed by atoms with E-state index < -0.39 is 5.97 Å². The zero-order valence-electron chi connectivity index (χ0n) is 7.80. The van der Waals surface area contributed by atoms with Crippen LogP contribution in [0, 0.1) is 5.82 Å². The number of H-pyrrole nitrogens is 1. The maximum Gasteiger partial charge on any atom is 0.354 e. The van der Waals surface area contributed by atoms with Crippen LogP contribution >= 0.6 is 15.9 Å². The highest BCUT2D eigenvalue weighted by Gasteiger charge is 2.13. The fourth-order valence-electron chi connectivity index (χ4n) is 1.37. The average molecular weight is 272 g/mol. The van der Waals surface area contributed by atoms with Crippen molar-refractivity contribution in [3.05, 3.63) is 34.2 Å². The third-order valence-corrected chi connectivity index (χ3v) is 2.76. The second-order valence-corrected chi connectivity index (χ2v) is 3.85. The Labute approximate surface area is 93.4 Å². The van der Waals surface area contributed by atoms with Crippen molar-refractivity contribution < 1.29 is 13.9 Å². The van der Waals surface area contributed by atoms with Crippen LogP contribution in [-0.2, 0) is 4.74 Å². The Morgan fingerprint density at radius 3 is 2.87 bits per heavy atom. The molecule has 0 aliphatic heterocycles. The van der Waals surface area contributed by atoms with Crippen LogP contribution in [0.4, 0.5) is 4.39 Å². The molecule has 78 valence electrons. The van der Waals surface area contributed by atoms with Crippen LogP contribution in [0.1, 0.15) is 10.5 Å². The van der Waals surface area contributed by atoms with Crippen molar-refractivity contribution in [3.63, 3.8) is 0 Å². The standard InChI is InChI=1S/C10H7BrFNO2/c1-15-10(14)8-4-5-7(12)3-2-6(11)9(5)13-8/h2-4,13H,1H3. The number of esters is 1. The summed E-state index contributed by atoms with van der Waals surface area (Å²) in [5, 5.41) is 0.366. The van der Waals surface area contributed by atoms with Crippen LogP contribution in [0.5, 0.6) is 0 Å². The number of benzene rings is 1. The molecule has 2 aromatic rings. The number of aromatic amines is 1. The number of methoxy groups -OCH3 is 1. The molecule has 1 heterocycles. The fraction of sp³-hybridized carbons (Fsp3) is 0.100. The highest BCUT2D eigenvalue weighted by atomic mass is 79.9. The molecule has 0 fully saturated rings. The molecular formula is C10H7BrFNO2. The van der Waals surface area contributed by atoms with Gasteiger partial charge < -0.3 is 9.72 Å². The molecule has 0 unspecified atom stereocenters. The molecule has 1 N–H and O–H groups in total. The van der Waals surface area contributed by atoms with Gasteiger partial charge in [-0.05, 0) is 34.1 Å². The normalized spacial score (nSPS) is 10.6. The van der Waals surface area contributed by atoms with E-state index in [0.717, 1.165) is 0 Å². The largest absolute Gasteiger partial charge is 0.464 e. The molecule has 5 heteroatoms. The first kappa shape index (κ1) is 10.2. The van der Waals surface area contributed by atoms with E-state index in [9.17, 15) is 9.18 Å². The monoisotopic (exact) mass is 271 g/mol. The van der Waals surface area contributed by atoms with E-state index in [2.05, 4.69) is 25.7 Å². The summed E-state index contributed by atoms with van der Waals surface area (Å²) in [7, 11) is 1.28. The first-order valence-electron chi connectivity index (χ1n) is 4.18. The minimum atomic E-state index is -0.516. The molecule has 2 rings (SSSR count). The SMILES string of the molecule is COC(=O)c1cc2c(F)ccc(Br)c2[nH]1. The predicted molar refractivity (Wildman–Crippen MR) is 57.3 cm³/mol. The van der Waals surface area contributed by atoms with Crippen molar-refractivity contribution in [3.8, 4) is 0 Å². The Hall–Kier alpha value is -1.36. The first-order valence-corrected chi connectivity index (χ1v) is 4.98. The average Bonchev–Trinajstić information content (AvgIpc) is 2.68. The lowest BCUT2D eigenvalue weighted by Gasteiger charge is -1.94. The first-order chi connectivity index (χ1) is 7.13. The number of nitrogens with one attached hydrogen (secondary N) is 1. The Morgan fingerprint density at radius 1 is 1.53 bits per heavy atom. The van der Waals surface area contributed by atoms with Gasteiger partial charge in [0.2, 0.25) is 0 Å². The van der Waals surface area contributed by atoms with Gasteiger partial charge in [0.05, 0.1) is 12.6 Å². The minimum absolute atomic E-state index is 0.235. The predicted octanol–water partition coefficient (Wildman–Crippen LogP) is 2.86.